The molecule has 0 saturated carbocycles. The first-order valence-corrected chi connectivity index (χ1v) is 5.20. The van der Waals surface area contributed by atoms with Gasteiger partial charge in [0.2, 0.25) is 6.10 Å². The average Bonchev–Trinajstić information content (AvgIpc) is 2.31. The van der Waals surface area contributed by atoms with Gasteiger partial charge in [-0.05, 0) is 17.7 Å². The van der Waals surface area contributed by atoms with Crippen LogP contribution in [0.4, 0.5) is 0 Å². The lowest BCUT2D eigenvalue weighted by Gasteiger charge is -2.14. The van der Waals surface area contributed by atoms with Crippen LogP contribution in [0.5, 0.6) is 11.5 Å². The number of aromatic hydroxyl groups is 2. The van der Waals surface area contributed by atoms with Gasteiger partial charge in [-0.1, -0.05) is 6.07 Å². The number of phenols is 2. The molecule has 6 heteroatoms. The molecule has 0 saturated heterocycles. The molecule has 0 bridgehead atoms. The predicted octanol–water partition coefficient (Wildman–Crippen LogP) is 0.745. The van der Waals surface area contributed by atoms with Crippen LogP contribution in [0, 0.1) is 0 Å². The van der Waals surface area contributed by atoms with E-state index < -0.39 is 18.0 Å². The van der Waals surface area contributed by atoms with Crippen LogP contribution >= 0.6 is 0 Å². The first-order chi connectivity index (χ1) is 8.43. The number of benzene rings is 1. The van der Waals surface area contributed by atoms with Crippen LogP contribution in [0.25, 0.3) is 0 Å². The van der Waals surface area contributed by atoms with Gasteiger partial charge in [-0.2, -0.15) is 0 Å². The SMILES string of the molecule is COC(=O)[C@H](Cc1ccc(O)c(O)c1)OC(C)=O. The fraction of sp³-hybridized carbons (Fsp3) is 0.333. The van der Waals surface area contributed by atoms with Gasteiger partial charge in [0.25, 0.3) is 0 Å². The Bertz CT molecular complexity index is 454. The third-order valence-corrected chi connectivity index (χ3v) is 2.23. The molecular weight excluding hydrogens is 240 g/mol. The highest BCUT2D eigenvalue weighted by atomic mass is 16.6. The molecule has 18 heavy (non-hydrogen) atoms. The molecule has 0 aromatic heterocycles. The summed E-state index contributed by atoms with van der Waals surface area (Å²) < 4.78 is 9.33. The van der Waals surface area contributed by atoms with Crippen LogP contribution in [-0.2, 0) is 25.5 Å². The normalized spacial score (nSPS) is 11.7. The molecule has 6 nitrogen and oxygen atoms in total. The number of hydrogen-bond donors (Lipinski definition) is 2. The fourth-order valence-corrected chi connectivity index (χ4v) is 1.41. The Morgan fingerprint density at radius 3 is 2.44 bits per heavy atom. The maximum absolute atomic E-state index is 11.4. The van der Waals surface area contributed by atoms with E-state index in [9.17, 15) is 14.7 Å². The van der Waals surface area contributed by atoms with Gasteiger partial charge in [0.15, 0.2) is 11.5 Å². The van der Waals surface area contributed by atoms with Gasteiger partial charge >= 0.3 is 11.9 Å². The van der Waals surface area contributed by atoms with Crippen LogP contribution < -0.4 is 0 Å². The Morgan fingerprint density at radius 2 is 1.94 bits per heavy atom. The minimum absolute atomic E-state index is 0.0556. The molecule has 1 aromatic rings. The summed E-state index contributed by atoms with van der Waals surface area (Å²) in [7, 11) is 1.19. The van der Waals surface area contributed by atoms with E-state index in [1.807, 2.05) is 0 Å². The Kier molecular flexibility index (Phi) is 4.53. The van der Waals surface area contributed by atoms with Crippen molar-refractivity contribution in [2.24, 2.45) is 0 Å². The third-order valence-electron chi connectivity index (χ3n) is 2.23. The van der Waals surface area contributed by atoms with E-state index >= 15 is 0 Å². The molecule has 0 radical (unpaired) electrons. The van der Waals surface area contributed by atoms with Gasteiger partial charge < -0.3 is 19.7 Å². The van der Waals surface area contributed by atoms with Crippen molar-refractivity contribution < 1.29 is 29.3 Å². The van der Waals surface area contributed by atoms with E-state index in [-0.39, 0.29) is 17.9 Å². The summed E-state index contributed by atoms with van der Waals surface area (Å²) >= 11 is 0. The highest BCUT2D eigenvalue weighted by molar-refractivity contribution is 5.78. The van der Waals surface area contributed by atoms with Gasteiger partial charge in [0, 0.05) is 13.3 Å². The first kappa shape index (κ1) is 13.8. The van der Waals surface area contributed by atoms with Crippen molar-refractivity contribution in [2.75, 3.05) is 7.11 Å². The standard InChI is InChI=1S/C12H14O6/c1-7(13)18-11(12(16)17-2)6-8-3-4-9(14)10(15)5-8/h3-5,11,14-15H,6H2,1-2H3/t11-/m0/s1. The molecule has 0 aliphatic rings. The van der Waals surface area contributed by atoms with Gasteiger partial charge in [-0.15, -0.1) is 0 Å². The number of methoxy groups -OCH3 is 1. The summed E-state index contributed by atoms with van der Waals surface area (Å²) in [6, 6.07) is 4.08. The van der Waals surface area contributed by atoms with E-state index in [2.05, 4.69) is 4.74 Å². The minimum atomic E-state index is -1.07. The molecule has 0 aliphatic carbocycles. The van der Waals surface area contributed by atoms with Crippen molar-refractivity contribution in [3.05, 3.63) is 23.8 Å². The average molecular weight is 254 g/mol. The molecule has 0 fully saturated rings. The van der Waals surface area contributed by atoms with Crippen LogP contribution in [0.3, 0.4) is 0 Å². The highest BCUT2D eigenvalue weighted by Crippen LogP contribution is 2.25. The second-order valence-corrected chi connectivity index (χ2v) is 3.65. The second-order valence-electron chi connectivity index (χ2n) is 3.65. The van der Waals surface area contributed by atoms with Crippen LogP contribution in [0.15, 0.2) is 18.2 Å². The van der Waals surface area contributed by atoms with Crippen LogP contribution in [0.2, 0.25) is 0 Å². The lowest BCUT2D eigenvalue weighted by Crippen LogP contribution is -2.29. The smallest absolute Gasteiger partial charge is 0.347 e. The molecular formula is C12H14O6. The van der Waals surface area contributed by atoms with E-state index in [1.54, 1.807) is 0 Å². The summed E-state index contributed by atoms with van der Waals surface area (Å²) in [5.41, 5.74) is 0.530. The highest BCUT2D eigenvalue weighted by Gasteiger charge is 2.23. The van der Waals surface area contributed by atoms with E-state index in [1.165, 1.54) is 32.2 Å². The zero-order chi connectivity index (χ0) is 13.7. The maximum Gasteiger partial charge on any atom is 0.347 e. The Labute approximate surface area is 104 Å². The number of hydrogen-bond acceptors (Lipinski definition) is 6. The van der Waals surface area contributed by atoms with E-state index in [0.717, 1.165) is 0 Å². The molecule has 0 heterocycles. The largest absolute Gasteiger partial charge is 0.504 e. The number of carbonyl (C=O) groups is 2. The van der Waals surface area contributed by atoms with Crippen molar-refractivity contribution in [1.29, 1.82) is 0 Å². The quantitative estimate of drug-likeness (QED) is 0.608. The predicted molar refractivity (Wildman–Crippen MR) is 61.0 cm³/mol. The van der Waals surface area contributed by atoms with Gasteiger partial charge in [-0.25, -0.2) is 4.79 Å². The van der Waals surface area contributed by atoms with Gasteiger partial charge in [0.1, 0.15) is 0 Å². The summed E-state index contributed by atoms with van der Waals surface area (Å²) in [6.07, 6.45) is -1.02. The van der Waals surface area contributed by atoms with Crippen molar-refractivity contribution in [1.82, 2.24) is 0 Å². The third kappa shape index (κ3) is 3.65. The minimum Gasteiger partial charge on any atom is -0.504 e. The molecule has 98 valence electrons. The number of rotatable bonds is 4. The summed E-state index contributed by atoms with van der Waals surface area (Å²) in [4.78, 5) is 22.3. The summed E-state index contributed by atoms with van der Waals surface area (Å²) in [5, 5.41) is 18.5. The maximum atomic E-state index is 11.4. The molecule has 1 rings (SSSR count). The monoisotopic (exact) mass is 254 g/mol. The molecule has 0 amide bonds. The molecule has 1 aromatic carbocycles. The van der Waals surface area contributed by atoms with E-state index in [4.69, 9.17) is 9.84 Å². The number of esters is 2. The fourth-order valence-electron chi connectivity index (χ4n) is 1.41. The summed E-state index contributed by atoms with van der Waals surface area (Å²) in [6.45, 7) is 1.18. The molecule has 0 unspecified atom stereocenters. The van der Waals surface area contributed by atoms with Gasteiger partial charge in [0.05, 0.1) is 7.11 Å². The number of phenolic OH excluding ortho intramolecular Hbond substituents is 2. The Balaban J connectivity index is 2.85. The summed E-state index contributed by atoms with van der Waals surface area (Å²) in [5.74, 6) is -1.86. The van der Waals surface area contributed by atoms with Crippen molar-refractivity contribution in [2.45, 2.75) is 19.4 Å². The lowest BCUT2D eigenvalue weighted by molar-refractivity contribution is -0.164. The topological polar surface area (TPSA) is 93.1 Å². The van der Waals surface area contributed by atoms with Crippen molar-refractivity contribution >= 4 is 11.9 Å². The van der Waals surface area contributed by atoms with Crippen molar-refractivity contribution in [3.8, 4) is 11.5 Å². The molecule has 2 N–H and O–H groups in total. The zero-order valence-electron chi connectivity index (χ0n) is 10.0. The van der Waals surface area contributed by atoms with E-state index in [0.29, 0.717) is 5.56 Å². The van der Waals surface area contributed by atoms with Gasteiger partial charge in [-0.3, -0.25) is 4.79 Å². The molecule has 0 aliphatic heterocycles. The Hall–Kier alpha value is -2.24. The Morgan fingerprint density at radius 1 is 1.28 bits per heavy atom. The number of carbonyl (C=O) groups excluding carboxylic acids is 2. The van der Waals surface area contributed by atoms with Crippen LogP contribution in [-0.4, -0.2) is 35.4 Å². The first-order valence-electron chi connectivity index (χ1n) is 5.20. The van der Waals surface area contributed by atoms with Crippen molar-refractivity contribution in [3.63, 3.8) is 0 Å². The zero-order valence-corrected chi connectivity index (χ0v) is 10.0. The molecule has 1 atom stereocenters. The number of ether oxygens (including phenoxy) is 2. The molecule has 0 spiro atoms. The second kappa shape index (κ2) is 5.90. The lowest BCUT2D eigenvalue weighted by atomic mass is 10.1. The van der Waals surface area contributed by atoms with Crippen LogP contribution in [0.1, 0.15) is 12.5 Å².